The highest BCUT2D eigenvalue weighted by atomic mass is 32.2. The summed E-state index contributed by atoms with van der Waals surface area (Å²) in [7, 11) is -2.97. The summed E-state index contributed by atoms with van der Waals surface area (Å²) in [5, 5.41) is 3.53. The molecule has 2 rings (SSSR count). The first-order chi connectivity index (χ1) is 10.3. The van der Waals surface area contributed by atoms with E-state index < -0.39 is 9.84 Å². The topological polar surface area (TPSA) is 46.2 Å². The van der Waals surface area contributed by atoms with Crippen LogP contribution in [0, 0.1) is 11.8 Å². The van der Waals surface area contributed by atoms with Crippen LogP contribution in [-0.2, 0) is 22.1 Å². The molecule has 122 valence electrons. The second-order valence-electron chi connectivity index (χ2n) is 6.63. The minimum atomic E-state index is -2.97. The molecule has 1 aromatic rings. The molecule has 2 unspecified atom stereocenters. The van der Waals surface area contributed by atoms with Gasteiger partial charge in [0.1, 0.15) is 0 Å². The molecule has 0 aromatic heterocycles. The van der Waals surface area contributed by atoms with Gasteiger partial charge in [-0.25, -0.2) is 8.42 Å². The third-order valence-corrected chi connectivity index (χ3v) is 5.33. The molecule has 1 N–H and O–H groups in total. The number of sulfone groups is 1. The Hall–Kier alpha value is -1.13. The molecule has 1 aromatic carbocycles. The highest BCUT2D eigenvalue weighted by molar-refractivity contribution is 7.89. The van der Waals surface area contributed by atoms with Crippen molar-refractivity contribution in [1.29, 1.82) is 0 Å². The van der Waals surface area contributed by atoms with Crippen LogP contribution in [0.3, 0.4) is 0 Å². The van der Waals surface area contributed by atoms with Gasteiger partial charge in [-0.1, -0.05) is 42.8 Å². The maximum Gasteiger partial charge on any atom is 0.151 e. The van der Waals surface area contributed by atoms with Gasteiger partial charge in [0.2, 0.25) is 0 Å². The van der Waals surface area contributed by atoms with Crippen molar-refractivity contribution in [2.75, 3.05) is 12.8 Å². The molecule has 3 nitrogen and oxygen atoms in total. The quantitative estimate of drug-likeness (QED) is 0.818. The summed E-state index contributed by atoms with van der Waals surface area (Å²) in [5.41, 5.74) is 3.51. The Bertz CT molecular complexity index is 634. The highest BCUT2D eigenvalue weighted by Crippen LogP contribution is 2.29. The number of nitrogens with one attached hydrogen (secondary N) is 1. The molecule has 1 aliphatic rings. The first-order valence-corrected chi connectivity index (χ1v) is 10.0. The Labute approximate surface area is 134 Å². The van der Waals surface area contributed by atoms with E-state index in [1.54, 1.807) is 0 Å². The largest absolute Gasteiger partial charge is 0.312 e. The van der Waals surface area contributed by atoms with Gasteiger partial charge in [0.05, 0.1) is 5.75 Å². The molecule has 0 amide bonds. The lowest BCUT2D eigenvalue weighted by atomic mass is 9.80. The summed E-state index contributed by atoms with van der Waals surface area (Å²) in [4.78, 5) is 0. The number of hydrogen-bond donors (Lipinski definition) is 1. The second-order valence-corrected chi connectivity index (χ2v) is 8.77. The van der Waals surface area contributed by atoms with Crippen LogP contribution in [-0.4, -0.2) is 21.2 Å². The molecule has 0 heterocycles. The molecule has 0 saturated carbocycles. The molecular weight excluding hydrogens is 294 g/mol. The van der Waals surface area contributed by atoms with E-state index in [4.69, 9.17) is 0 Å². The fourth-order valence-electron chi connectivity index (χ4n) is 3.24. The Morgan fingerprint density at radius 2 is 2.00 bits per heavy atom. The van der Waals surface area contributed by atoms with E-state index in [2.05, 4.69) is 25.2 Å². The molecule has 2 atom stereocenters. The molecule has 4 heteroatoms. The van der Waals surface area contributed by atoms with Crippen LogP contribution in [0.4, 0.5) is 0 Å². The standard InChI is InChI=1S/C18H27NO2S/c1-14-6-4-7-15(2)18(14)12-19-11-16-8-5-9-17(10-16)13-22(3,20)21/h5-6,8-10,15,18-19H,4,7,11-13H2,1-3H3. The fourth-order valence-corrected chi connectivity index (χ4v) is 4.03. The summed E-state index contributed by atoms with van der Waals surface area (Å²) in [6.07, 6.45) is 6.11. The van der Waals surface area contributed by atoms with Crippen molar-refractivity contribution in [3.05, 3.63) is 47.0 Å². The minimum absolute atomic E-state index is 0.113. The SMILES string of the molecule is CC1=CCCC(C)C1CNCc1cccc(CS(C)(=O)=O)c1. The lowest BCUT2D eigenvalue weighted by molar-refractivity contribution is 0.350. The van der Waals surface area contributed by atoms with Crippen molar-refractivity contribution in [2.24, 2.45) is 11.8 Å². The summed E-state index contributed by atoms with van der Waals surface area (Å²) in [6.45, 7) is 6.33. The minimum Gasteiger partial charge on any atom is -0.312 e. The van der Waals surface area contributed by atoms with Gasteiger partial charge in [0, 0.05) is 19.3 Å². The van der Waals surface area contributed by atoms with Crippen LogP contribution in [0.25, 0.3) is 0 Å². The first-order valence-electron chi connectivity index (χ1n) is 7.98. The van der Waals surface area contributed by atoms with Crippen molar-refractivity contribution in [3.63, 3.8) is 0 Å². The third-order valence-electron chi connectivity index (χ3n) is 4.47. The van der Waals surface area contributed by atoms with Gasteiger partial charge in [-0.2, -0.15) is 0 Å². The van der Waals surface area contributed by atoms with E-state index in [0.29, 0.717) is 5.92 Å². The Morgan fingerprint density at radius 1 is 1.27 bits per heavy atom. The molecule has 0 saturated heterocycles. The van der Waals surface area contributed by atoms with Gasteiger partial charge in [-0.05, 0) is 42.7 Å². The number of allylic oxidation sites excluding steroid dienone is 1. The normalized spacial score (nSPS) is 22.4. The van der Waals surface area contributed by atoms with Crippen LogP contribution in [0.2, 0.25) is 0 Å². The van der Waals surface area contributed by atoms with Gasteiger partial charge in [-0.15, -0.1) is 0 Å². The summed E-state index contributed by atoms with van der Waals surface area (Å²) >= 11 is 0. The van der Waals surface area contributed by atoms with Gasteiger partial charge in [-0.3, -0.25) is 0 Å². The zero-order valence-electron chi connectivity index (χ0n) is 13.8. The van der Waals surface area contributed by atoms with Gasteiger partial charge < -0.3 is 5.32 Å². The van der Waals surface area contributed by atoms with Crippen molar-refractivity contribution >= 4 is 9.84 Å². The molecule has 0 bridgehead atoms. The number of rotatable bonds is 6. The zero-order valence-corrected chi connectivity index (χ0v) is 14.6. The summed E-state index contributed by atoms with van der Waals surface area (Å²) < 4.78 is 22.8. The van der Waals surface area contributed by atoms with E-state index in [1.165, 1.54) is 24.7 Å². The second kappa shape index (κ2) is 7.42. The maximum absolute atomic E-state index is 11.4. The molecule has 0 spiro atoms. The third kappa shape index (κ3) is 5.25. The molecule has 1 aliphatic carbocycles. The lowest BCUT2D eigenvalue weighted by Gasteiger charge is -2.29. The summed E-state index contributed by atoms with van der Waals surface area (Å²) in [5.74, 6) is 1.46. The Kier molecular flexibility index (Phi) is 5.81. The number of hydrogen-bond acceptors (Lipinski definition) is 3. The van der Waals surface area contributed by atoms with Crippen LogP contribution < -0.4 is 5.32 Å². The fraction of sp³-hybridized carbons (Fsp3) is 0.556. The maximum atomic E-state index is 11.4. The molecule has 0 fully saturated rings. The monoisotopic (exact) mass is 321 g/mol. The van der Waals surface area contributed by atoms with Gasteiger partial charge in [0.25, 0.3) is 0 Å². The van der Waals surface area contributed by atoms with E-state index in [0.717, 1.165) is 30.1 Å². The van der Waals surface area contributed by atoms with Gasteiger partial charge >= 0.3 is 0 Å². The van der Waals surface area contributed by atoms with E-state index in [1.807, 2.05) is 24.3 Å². The van der Waals surface area contributed by atoms with E-state index in [9.17, 15) is 8.42 Å². The Balaban J connectivity index is 1.90. The zero-order chi connectivity index (χ0) is 16.2. The van der Waals surface area contributed by atoms with Crippen molar-refractivity contribution in [2.45, 2.75) is 39.0 Å². The van der Waals surface area contributed by atoms with Crippen LogP contribution >= 0.6 is 0 Å². The van der Waals surface area contributed by atoms with Crippen molar-refractivity contribution in [1.82, 2.24) is 5.32 Å². The first kappa shape index (κ1) is 17.2. The average molecular weight is 321 g/mol. The number of benzene rings is 1. The summed E-state index contributed by atoms with van der Waals surface area (Å²) in [6, 6.07) is 7.85. The van der Waals surface area contributed by atoms with Gasteiger partial charge in [0.15, 0.2) is 9.84 Å². The predicted molar refractivity (Wildman–Crippen MR) is 92.3 cm³/mol. The molecular formula is C18H27NO2S. The lowest BCUT2D eigenvalue weighted by Crippen LogP contribution is -2.29. The molecule has 0 radical (unpaired) electrons. The highest BCUT2D eigenvalue weighted by Gasteiger charge is 2.21. The van der Waals surface area contributed by atoms with E-state index in [-0.39, 0.29) is 5.75 Å². The van der Waals surface area contributed by atoms with Crippen LogP contribution in [0.1, 0.15) is 37.8 Å². The predicted octanol–water partition coefficient (Wildman–Crippen LogP) is 3.31. The van der Waals surface area contributed by atoms with Crippen LogP contribution in [0.15, 0.2) is 35.9 Å². The van der Waals surface area contributed by atoms with Crippen molar-refractivity contribution in [3.8, 4) is 0 Å². The van der Waals surface area contributed by atoms with E-state index >= 15 is 0 Å². The Morgan fingerprint density at radius 3 is 2.68 bits per heavy atom. The van der Waals surface area contributed by atoms with Crippen LogP contribution in [0.5, 0.6) is 0 Å². The smallest absolute Gasteiger partial charge is 0.151 e. The van der Waals surface area contributed by atoms with Crippen molar-refractivity contribution < 1.29 is 8.42 Å². The molecule has 0 aliphatic heterocycles. The molecule has 22 heavy (non-hydrogen) atoms. The average Bonchev–Trinajstić information content (AvgIpc) is 2.40.